The number of carbonyl (C=O) groups is 1. The first-order valence-corrected chi connectivity index (χ1v) is 8.40. The lowest BCUT2D eigenvalue weighted by Crippen LogP contribution is -2.05. The van der Waals surface area contributed by atoms with Crippen molar-refractivity contribution in [2.75, 3.05) is 14.2 Å². The Morgan fingerprint density at radius 3 is 2.35 bits per heavy atom. The molecule has 0 bridgehead atoms. The number of hydrogen-bond donors (Lipinski definition) is 0. The zero-order chi connectivity index (χ0) is 19.1. The van der Waals surface area contributed by atoms with Crippen LogP contribution in [0.25, 0.3) is 10.9 Å². The van der Waals surface area contributed by atoms with Gasteiger partial charge in [-0.05, 0) is 41.8 Å². The molecule has 3 aromatic rings. The number of fused-ring (bicyclic) bond motifs is 1. The molecule has 0 aliphatic carbocycles. The van der Waals surface area contributed by atoms with E-state index in [2.05, 4.69) is 4.98 Å². The lowest BCUT2D eigenvalue weighted by molar-refractivity contribution is 0.0597. The third-order valence-corrected chi connectivity index (χ3v) is 3.79. The molecule has 0 atom stereocenters. The fourth-order valence-electron chi connectivity index (χ4n) is 2.63. The van der Waals surface area contributed by atoms with Crippen LogP contribution in [0.3, 0.4) is 0 Å². The van der Waals surface area contributed by atoms with Gasteiger partial charge >= 0.3 is 5.97 Å². The molecular weight excluding hydrogens is 333 g/mol. The highest BCUT2D eigenvalue weighted by Crippen LogP contribution is 2.29. The van der Waals surface area contributed by atoms with Crippen molar-refractivity contribution >= 4 is 16.9 Å². The number of hydrogen-bond acceptors (Lipinski definition) is 4. The predicted octanol–water partition coefficient (Wildman–Crippen LogP) is 4.79. The van der Waals surface area contributed by atoms with Crippen LogP contribution >= 0.6 is 0 Å². The van der Waals surface area contributed by atoms with Gasteiger partial charge in [-0.1, -0.05) is 32.0 Å². The Kier molecular flexibility index (Phi) is 6.67. The Morgan fingerprint density at radius 1 is 1.04 bits per heavy atom. The second-order valence-corrected chi connectivity index (χ2v) is 5.36. The molecule has 1 aromatic heterocycles. The molecule has 0 fully saturated rings. The highest BCUT2D eigenvalue weighted by molar-refractivity contribution is 6.00. The number of rotatable bonds is 4. The monoisotopic (exact) mass is 355 g/mol. The molecule has 136 valence electrons. The van der Waals surface area contributed by atoms with Gasteiger partial charge in [0.15, 0.2) is 5.75 Å². The molecule has 0 N–H and O–H groups in total. The zero-order valence-corrected chi connectivity index (χ0v) is 15.4. The van der Waals surface area contributed by atoms with Crippen molar-refractivity contribution in [3.63, 3.8) is 0 Å². The molecule has 0 aliphatic rings. The Morgan fingerprint density at radius 2 is 1.73 bits per heavy atom. The fourth-order valence-corrected chi connectivity index (χ4v) is 2.63. The van der Waals surface area contributed by atoms with Gasteiger partial charge < -0.3 is 9.47 Å². The quantitative estimate of drug-likeness (QED) is 0.632. The van der Waals surface area contributed by atoms with Crippen molar-refractivity contribution in [1.82, 2.24) is 4.98 Å². The molecule has 0 aliphatic heterocycles. The summed E-state index contributed by atoms with van der Waals surface area (Å²) in [6, 6.07) is 11.8. The summed E-state index contributed by atoms with van der Waals surface area (Å²) in [5.74, 6) is -0.325. The normalized spacial score (nSPS) is 10.0. The summed E-state index contributed by atoms with van der Waals surface area (Å²) in [4.78, 5) is 16.2. The smallest absolute Gasteiger partial charge is 0.341 e. The number of aromatic nitrogens is 1. The van der Waals surface area contributed by atoms with Gasteiger partial charge in [0.2, 0.25) is 0 Å². The summed E-state index contributed by atoms with van der Waals surface area (Å²) >= 11 is 0. The number of methoxy groups -OCH3 is 2. The van der Waals surface area contributed by atoms with Crippen LogP contribution < -0.4 is 4.74 Å². The van der Waals surface area contributed by atoms with Crippen molar-refractivity contribution in [3.05, 3.63) is 71.2 Å². The molecule has 2 aromatic carbocycles. The maximum Gasteiger partial charge on any atom is 0.341 e. The minimum Gasteiger partial charge on any atom is -0.494 e. The van der Waals surface area contributed by atoms with Crippen molar-refractivity contribution in [1.29, 1.82) is 0 Å². The lowest BCUT2D eigenvalue weighted by Gasteiger charge is -2.11. The number of halogens is 1. The summed E-state index contributed by atoms with van der Waals surface area (Å²) in [7, 11) is 2.82. The minimum atomic E-state index is -0.467. The van der Waals surface area contributed by atoms with Crippen molar-refractivity contribution in [2.24, 2.45) is 0 Å². The van der Waals surface area contributed by atoms with E-state index in [4.69, 9.17) is 9.47 Å². The van der Waals surface area contributed by atoms with E-state index < -0.39 is 5.97 Å². The molecule has 0 radical (unpaired) electrons. The Hall–Kier alpha value is -2.95. The number of carbonyl (C=O) groups excluding carboxylic acids is 1. The van der Waals surface area contributed by atoms with Gasteiger partial charge in [-0.3, -0.25) is 4.98 Å². The van der Waals surface area contributed by atoms with Gasteiger partial charge in [0.25, 0.3) is 0 Å². The molecule has 0 amide bonds. The first kappa shape index (κ1) is 19.4. The van der Waals surface area contributed by atoms with Crippen LogP contribution in [0.2, 0.25) is 0 Å². The number of nitrogens with zero attached hydrogens (tertiary/aromatic N) is 1. The molecule has 4 nitrogen and oxygen atoms in total. The van der Waals surface area contributed by atoms with Crippen LogP contribution in [-0.4, -0.2) is 25.2 Å². The molecule has 1 heterocycles. The highest BCUT2D eigenvalue weighted by atomic mass is 19.1. The maximum absolute atomic E-state index is 13.0. The second-order valence-electron chi connectivity index (χ2n) is 5.36. The van der Waals surface area contributed by atoms with Crippen molar-refractivity contribution < 1.29 is 18.7 Å². The Balaban J connectivity index is 0.00000117. The van der Waals surface area contributed by atoms with Gasteiger partial charge in [0.05, 0.1) is 14.2 Å². The second kappa shape index (κ2) is 8.94. The van der Waals surface area contributed by atoms with Crippen LogP contribution in [-0.2, 0) is 11.2 Å². The third-order valence-electron chi connectivity index (χ3n) is 3.79. The third kappa shape index (κ3) is 4.17. The molecule has 26 heavy (non-hydrogen) atoms. The van der Waals surface area contributed by atoms with Gasteiger partial charge in [-0.15, -0.1) is 0 Å². The van der Waals surface area contributed by atoms with E-state index in [-0.39, 0.29) is 5.82 Å². The number of ether oxygens (including phenoxy) is 2. The average Bonchev–Trinajstić information content (AvgIpc) is 2.69. The van der Waals surface area contributed by atoms with Crippen molar-refractivity contribution in [3.8, 4) is 5.75 Å². The maximum atomic E-state index is 13.0. The SMILES string of the molecule is CC.COC(=O)c1ccc2cc(Cc3ccc(F)cc3)cnc2c1OC. The first-order chi connectivity index (χ1) is 12.6. The van der Waals surface area contributed by atoms with E-state index in [1.165, 1.54) is 26.4 Å². The molecule has 0 saturated heterocycles. The van der Waals surface area contributed by atoms with Gasteiger partial charge in [0, 0.05) is 11.6 Å². The van der Waals surface area contributed by atoms with E-state index in [1.54, 1.807) is 24.4 Å². The summed E-state index contributed by atoms with van der Waals surface area (Å²) in [5.41, 5.74) is 2.92. The Labute approximate surface area is 152 Å². The molecular formula is C21H22FNO3. The summed E-state index contributed by atoms with van der Waals surface area (Å²) in [6.45, 7) is 4.00. The first-order valence-electron chi connectivity index (χ1n) is 8.40. The number of esters is 1. The van der Waals surface area contributed by atoms with Crippen LogP contribution in [0.5, 0.6) is 5.75 Å². The fraction of sp³-hybridized carbons (Fsp3) is 0.238. The molecule has 5 heteroatoms. The lowest BCUT2D eigenvalue weighted by atomic mass is 10.0. The summed E-state index contributed by atoms with van der Waals surface area (Å²) < 4.78 is 23.1. The van der Waals surface area contributed by atoms with Crippen LogP contribution in [0.4, 0.5) is 4.39 Å². The van der Waals surface area contributed by atoms with Crippen LogP contribution in [0.1, 0.15) is 35.3 Å². The van der Waals surface area contributed by atoms with E-state index in [0.29, 0.717) is 23.3 Å². The van der Waals surface area contributed by atoms with E-state index >= 15 is 0 Å². The average molecular weight is 355 g/mol. The molecule has 0 unspecified atom stereocenters. The molecule has 0 spiro atoms. The number of pyridine rings is 1. The van der Waals surface area contributed by atoms with E-state index in [9.17, 15) is 9.18 Å². The number of benzene rings is 2. The highest BCUT2D eigenvalue weighted by Gasteiger charge is 2.16. The zero-order valence-electron chi connectivity index (χ0n) is 15.4. The van der Waals surface area contributed by atoms with Gasteiger partial charge in [-0.25, -0.2) is 9.18 Å². The molecule has 0 saturated carbocycles. The standard InChI is InChI=1S/C19H16FNO3.C2H6/c1-23-18-16(19(22)24-2)8-5-14-10-13(11-21-17(14)18)9-12-3-6-15(20)7-4-12;1-2/h3-8,10-11H,9H2,1-2H3;1-2H3. The van der Waals surface area contributed by atoms with E-state index in [0.717, 1.165) is 16.5 Å². The van der Waals surface area contributed by atoms with E-state index in [1.807, 2.05) is 26.0 Å². The topological polar surface area (TPSA) is 48.4 Å². The van der Waals surface area contributed by atoms with Gasteiger partial charge in [0.1, 0.15) is 16.9 Å². The molecule has 3 rings (SSSR count). The summed E-state index contributed by atoms with van der Waals surface area (Å²) in [6.07, 6.45) is 2.37. The van der Waals surface area contributed by atoms with Crippen molar-refractivity contribution in [2.45, 2.75) is 20.3 Å². The summed E-state index contributed by atoms with van der Waals surface area (Å²) in [5, 5.41) is 0.860. The predicted molar refractivity (Wildman–Crippen MR) is 100 cm³/mol. The van der Waals surface area contributed by atoms with Crippen LogP contribution in [0.15, 0.2) is 48.7 Å². The Bertz CT molecular complexity index is 892. The van der Waals surface area contributed by atoms with Crippen LogP contribution in [0, 0.1) is 5.82 Å². The van der Waals surface area contributed by atoms with Gasteiger partial charge in [-0.2, -0.15) is 0 Å². The largest absolute Gasteiger partial charge is 0.494 e. The minimum absolute atomic E-state index is 0.254.